The SMILES string of the molecule is Nc1cc(C=CCBr)ccc1C(F)(F)F. The van der Waals surface area contributed by atoms with Gasteiger partial charge in [-0.2, -0.15) is 13.2 Å². The van der Waals surface area contributed by atoms with Gasteiger partial charge in [0.05, 0.1) is 5.56 Å². The van der Waals surface area contributed by atoms with E-state index in [1.165, 1.54) is 12.1 Å². The second-order valence-corrected chi connectivity index (χ2v) is 3.55. The Morgan fingerprint density at radius 2 is 2.00 bits per heavy atom. The normalized spacial score (nSPS) is 12.3. The summed E-state index contributed by atoms with van der Waals surface area (Å²) >= 11 is 3.17. The molecule has 0 heterocycles. The lowest BCUT2D eigenvalue weighted by molar-refractivity contribution is -0.136. The van der Waals surface area contributed by atoms with Crippen molar-refractivity contribution in [3.63, 3.8) is 0 Å². The molecule has 82 valence electrons. The Balaban J connectivity index is 3.04. The third-order valence-electron chi connectivity index (χ3n) is 1.78. The lowest BCUT2D eigenvalue weighted by Gasteiger charge is -2.09. The van der Waals surface area contributed by atoms with Gasteiger partial charge in [0.15, 0.2) is 0 Å². The van der Waals surface area contributed by atoms with Gasteiger partial charge in [-0.15, -0.1) is 0 Å². The van der Waals surface area contributed by atoms with E-state index in [1.54, 1.807) is 12.2 Å². The zero-order valence-electron chi connectivity index (χ0n) is 7.68. The van der Waals surface area contributed by atoms with Crippen molar-refractivity contribution < 1.29 is 13.2 Å². The van der Waals surface area contributed by atoms with Crippen LogP contribution >= 0.6 is 15.9 Å². The molecule has 2 N–H and O–H groups in total. The van der Waals surface area contributed by atoms with Crippen molar-refractivity contribution in [1.82, 2.24) is 0 Å². The van der Waals surface area contributed by atoms with E-state index in [2.05, 4.69) is 15.9 Å². The lowest BCUT2D eigenvalue weighted by atomic mass is 10.1. The first kappa shape index (κ1) is 12.1. The zero-order valence-corrected chi connectivity index (χ0v) is 9.27. The molecular formula is C10H9BrF3N. The molecule has 0 amide bonds. The maximum atomic E-state index is 12.3. The summed E-state index contributed by atoms with van der Waals surface area (Å²) < 4.78 is 37.0. The molecule has 0 bridgehead atoms. The smallest absolute Gasteiger partial charge is 0.398 e. The van der Waals surface area contributed by atoms with Crippen LogP contribution in [0.15, 0.2) is 24.3 Å². The molecule has 1 nitrogen and oxygen atoms in total. The molecule has 0 spiro atoms. The van der Waals surface area contributed by atoms with E-state index in [9.17, 15) is 13.2 Å². The van der Waals surface area contributed by atoms with Gasteiger partial charge in [0.25, 0.3) is 0 Å². The molecule has 0 saturated heterocycles. The van der Waals surface area contributed by atoms with Crippen LogP contribution in [-0.2, 0) is 6.18 Å². The van der Waals surface area contributed by atoms with Crippen LogP contribution in [0.25, 0.3) is 6.08 Å². The van der Waals surface area contributed by atoms with E-state index in [1.807, 2.05) is 0 Å². The predicted octanol–water partition coefficient (Wildman–Crippen LogP) is 3.70. The Morgan fingerprint density at radius 3 is 2.47 bits per heavy atom. The van der Waals surface area contributed by atoms with E-state index in [0.29, 0.717) is 10.9 Å². The fraction of sp³-hybridized carbons (Fsp3) is 0.200. The highest BCUT2D eigenvalue weighted by Crippen LogP contribution is 2.33. The number of hydrogen-bond donors (Lipinski definition) is 1. The van der Waals surface area contributed by atoms with Gasteiger partial charge in [0, 0.05) is 11.0 Å². The number of nitrogen functional groups attached to an aromatic ring is 1. The molecular weight excluding hydrogens is 271 g/mol. The maximum absolute atomic E-state index is 12.3. The lowest BCUT2D eigenvalue weighted by Crippen LogP contribution is -2.08. The molecule has 0 aliphatic carbocycles. The first-order valence-corrected chi connectivity index (χ1v) is 5.26. The average Bonchev–Trinajstić information content (AvgIpc) is 2.12. The van der Waals surface area contributed by atoms with E-state index in [0.717, 1.165) is 6.07 Å². The number of alkyl halides is 4. The second kappa shape index (κ2) is 4.70. The first-order valence-electron chi connectivity index (χ1n) is 4.14. The van der Waals surface area contributed by atoms with Crippen LogP contribution in [0.4, 0.5) is 18.9 Å². The molecule has 0 aliphatic heterocycles. The van der Waals surface area contributed by atoms with E-state index in [-0.39, 0.29) is 5.69 Å². The summed E-state index contributed by atoms with van der Waals surface area (Å²) in [6.45, 7) is 0. The van der Waals surface area contributed by atoms with Crippen LogP contribution in [0.1, 0.15) is 11.1 Å². The Kier molecular flexibility index (Phi) is 3.79. The minimum absolute atomic E-state index is 0.251. The van der Waals surface area contributed by atoms with Gasteiger partial charge < -0.3 is 5.73 Å². The second-order valence-electron chi connectivity index (χ2n) is 2.90. The average molecular weight is 280 g/mol. The van der Waals surface area contributed by atoms with Crippen LogP contribution in [0.5, 0.6) is 0 Å². The minimum atomic E-state index is -4.39. The fourth-order valence-electron chi connectivity index (χ4n) is 1.12. The molecule has 5 heteroatoms. The molecule has 0 fully saturated rings. The summed E-state index contributed by atoms with van der Waals surface area (Å²) in [6, 6.07) is 3.68. The molecule has 0 aromatic heterocycles. The van der Waals surface area contributed by atoms with Gasteiger partial charge >= 0.3 is 6.18 Å². The summed E-state index contributed by atoms with van der Waals surface area (Å²) in [4.78, 5) is 0. The van der Waals surface area contributed by atoms with Crippen molar-refractivity contribution in [2.45, 2.75) is 6.18 Å². The third kappa shape index (κ3) is 3.27. The summed E-state index contributed by atoms with van der Waals surface area (Å²) in [5.41, 5.74) is 4.92. The number of anilines is 1. The summed E-state index contributed by atoms with van der Waals surface area (Å²) in [7, 11) is 0. The largest absolute Gasteiger partial charge is 0.418 e. The van der Waals surface area contributed by atoms with Gasteiger partial charge in [0.2, 0.25) is 0 Å². The quantitative estimate of drug-likeness (QED) is 0.648. The van der Waals surface area contributed by atoms with Crippen LogP contribution < -0.4 is 5.73 Å². The summed E-state index contributed by atoms with van der Waals surface area (Å²) in [6.07, 6.45) is -0.908. The minimum Gasteiger partial charge on any atom is -0.398 e. The molecule has 0 unspecified atom stereocenters. The number of nitrogens with two attached hydrogens (primary N) is 1. The molecule has 0 atom stereocenters. The van der Waals surface area contributed by atoms with Crippen molar-refractivity contribution in [2.75, 3.05) is 11.1 Å². The van der Waals surface area contributed by atoms with Gasteiger partial charge in [-0.25, -0.2) is 0 Å². The Labute approximate surface area is 93.9 Å². The van der Waals surface area contributed by atoms with Crippen LogP contribution in [0.2, 0.25) is 0 Å². The number of rotatable bonds is 2. The van der Waals surface area contributed by atoms with E-state index >= 15 is 0 Å². The molecule has 15 heavy (non-hydrogen) atoms. The van der Waals surface area contributed by atoms with Gasteiger partial charge in [-0.05, 0) is 17.7 Å². The van der Waals surface area contributed by atoms with Crippen LogP contribution in [-0.4, -0.2) is 5.33 Å². The fourth-order valence-corrected chi connectivity index (χ4v) is 1.31. The zero-order chi connectivity index (χ0) is 11.5. The topological polar surface area (TPSA) is 26.0 Å². The number of halogens is 4. The van der Waals surface area contributed by atoms with E-state index < -0.39 is 11.7 Å². The standard InChI is InChI=1S/C10H9BrF3N/c11-5-1-2-7-3-4-8(9(15)6-7)10(12,13)14/h1-4,6H,5,15H2. The van der Waals surface area contributed by atoms with Crippen molar-refractivity contribution >= 4 is 27.7 Å². The van der Waals surface area contributed by atoms with Gasteiger partial charge in [-0.3, -0.25) is 0 Å². The summed E-state index contributed by atoms with van der Waals surface area (Å²) in [5, 5.41) is 0.647. The molecule has 0 saturated carbocycles. The van der Waals surface area contributed by atoms with Crippen LogP contribution in [0.3, 0.4) is 0 Å². The van der Waals surface area contributed by atoms with Crippen LogP contribution in [0, 0.1) is 0 Å². The monoisotopic (exact) mass is 279 g/mol. The predicted molar refractivity (Wildman–Crippen MR) is 58.7 cm³/mol. The molecule has 1 rings (SSSR count). The number of allylic oxidation sites excluding steroid dienone is 1. The molecule has 1 aromatic carbocycles. The summed E-state index contributed by atoms with van der Waals surface area (Å²) in [5.74, 6) is 0. The highest BCUT2D eigenvalue weighted by Gasteiger charge is 2.32. The van der Waals surface area contributed by atoms with E-state index in [4.69, 9.17) is 5.73 Å². The Morgan fingerprint density at radius 1 is 1.33 bits per heavy atom. The Hall–Kier alpha value is -0.970. The highest BCUT2D eigenvalue weighted by atomic mass is 79.9. The van der Waals surface area contributed by atoms with Crippen molar-refractivity contribution in [1.29, 1.82) is 0 Å². The molecule has 0 radical (unpaired) electrons. The Bertz CT molecular complexity index is 371. The van der Waals surface area contributed by atoms with Gasteiger partial charge in [0.1, 0.15) is 0 Å². The molecule has 0 aliphatic rings. The number of benzene rings is 1. The molecule has 1 aromatic rings. The highest BCUT2D eigenvalue weighted by molar-refractivity contribution is 9.09. The van der Waals surface area contributed by atoms with Crippen molar-refractivity contribution in [3.05, 3.63) is 35.4 Å². The van der Waals surface area contributed by atoms with Crippen molar-refractivity contribution in [2.24, 2.45) is 0 Å². The third-order valence-corrected chi connectivity index (χ3v) is 2.15. The van der Waals surface area contributed by atoms with Crippen molar-refractivity contribution in [3.8, 4) is 0 Å². The van der Waals surface area contributed by atoms with Gasteiger partial charge in [-0.1, -0.05) is 34.1 Å². The maximum Gasteiger partial charge on any atom is 0.418 e. The first-order chi connectivity index (χ1) is 6.95. The number of hydrogen-bond acceptors (Lipinski definition) is 1.